The zero-order chi connectivity index (χ0) is 29.6. The first-order valence-corrected chi connectivity index (χ1v) is 16.3. The molecule has 0 N–H and O–H groups in total. The Kier molecular flexibility index (Phi) is 6.89. The Bertz CT molecular complexity index is 2270. The highest BCUT2D eigenvalue weighted by atomic mass is 79.9. The van der Waals surface area contributed by atoms with Crippen molar-refractivity contribution in [3.05, 3.63) is 173 Å². The van der Waals surface area contributed by atoms with Crippen molar-refractivity contribution in [3.8, 4) is 5.75 Å². The molecule has 5 aromatic carbocycles. The lowest BCUT2D eigenvalue weighted by Gasteiger charge is -2.30. The largest absolute Gasteiger partial charge is 0.488 e. The maximum absolute atomic E-state index is 14.4. The summed E-state index contributed by atoms with van der Waals surface area (Å²) in [7, 11) is 0. The van der Waals surface area contributed by atoms with Crippen LogP contribution < -0.4 is 19.6 Å². The van der Waals surface area contributed by atoms with Gasteiger partial charge in [0.25, 0.3) is 5.56 Å². The number of fused-ring (bicyclic) bond motifs is 4. The predicted molar refractivity (Wildman–Crippen MR) is 182 cm³/mol. The summed E-state index contributed by atoms with van der Waals surface area (Å²) in [5, 5.41) is 2.14. The Morgan fingerprint density at radius 1 is 0.864 bits per heavy atom. The summed E-state index contributed by atoms with van der Waals surface area (Å²) in [6.45, 7) is 0.424. The lowest BCUT2D eigenvalue weighted by molar-refractivity contribution is 0.306. The lowest BCUT2D eigenvalue weighted by Crippen LogP contribution is -2.38. The van der Waals surface area contributed by atoms with E-state index in [9.17, 15) is 4.79 Å². The van der Waals surface area contributed by atoms with Crippen molar-refractivity contribution < 1.29 is 4.74 Å². The van der Waals surface area contributed by atoms with E-state index in [0.29, 0.717) is 11.1 Å². The molecule has 0 unspecified atom stereocenters. The molecule has 214 valence electrons. The van der Waals surface area contributed by atoms with Crippen LogP contribution in [-0.2, 0) is 13.0 Å². The van der Waals surface area contributed by atoms with Crippen molar-refractivity contribution in [2.45, 2.75) is 25.5 Å². The molecule has 1 aliphatic heterocycles. The average Bonchev–Trinajstić information content (AvgIpc) is 3.38. The number of allylic oxidation sites excluding steroid dienone is 1. The van der Waals surface area contributed by atoms with Gasteiger partial charge in [-0.1, -0.05) is 124 Å². The minimum atomic E-state index is -0.196. The van der Waals surface area contributed by atoms with E-state index in [0.717, 1.165) is 61.0 Å². The molecular formula is C38H27BrN2O2S. The fraction of sp³-hybridized carbons (Fsp3) is 0.105. The first kappa shape index (κ1) is 27.1. The van der Waals surface area contributed by atoms with E-state index >= 15 is 0 Å². The molecule has 0 spiro atoms. The third-order valence-corrected chi connectivity index (χ3v) is 10.0. The topological polar surface area (TPSA) is 43.6 Å². The second kappa shape index (κ2) is 11.2. The van der Waals surface area contributed by atoms with Gasteiger partial charge in [-0.25, -0.2) is 4.99 Å². The number of benzene rings is 5. The van der Waals surface area contributed by atoms with Gasteiger partial charge in [0, 0.05) is 15.6 Å². The van der Waals surface area contributed by atoms with E-state index in [1.165, 1.54) is 28.0 Å². The van der Waals surface area contributed by atoms with Crippen LogP contribution in [0, 0.1) is 0 Å². The van der Waals surface area contributed by atoms with Crippen molar-refractivity contribution in [3.63, 3.8) is 0 Å². The summed E-state index contributed by atoms with van der Waals surface area (Å²) in [6, 6.07) is 39.1. The van der Waals surface area contributed by atoms with Crippen molar-refractivity contribution in [2.24, 2.45) is 4.99 Å². The Balaban J connectivity index is 1.32. The van der Waals surface area contributed by atoms with Gasteiger partial charge < -0.3 is 4.74 Å². The number of halogens is 1. The summed E-state index contributed by atoms with van der Waals surface area (Å²) in [6.07, 6.45) is 3.81. The normalized spacial score (nSPS) is 15.8. The average molecular weight is 656 g/mol. The van der Waals surface area contributed by atoms with Gasteiger partial charge in [0.2, 0.25) is 0 Å². The zero-order valence-corrected chi connectivity index (χ0v) is 26.1. The molecule has 0 fully saturated rings. The number of rotatable bonds is 5. The summed E-state index contributed by atoms with van der Waals surface area (Å²) in [5.74, 6) is 0.741. The lowest BCUT2D eigenvalue weighted by atomic mass is 9.83. The molecule has 1 aliphatic carbocycles. The Hall–Kier alpha value is -4.52. The van der Waals surface area contributed by atoms with Gasteiger partial charge in [0.15, 0.2) is 4.80 Å². The Labute approximate surface area is 267 Å². The second-order valence-electron chi connectivity index (χ2n) is 11.1. The summed E-state index contributed by atoms with van der Waals surface area (Å²) in [5.41, 5.74) is 7.74. The van der Waals surface area contributed by atoms with Gasteiger partial charge in [-0.2, -0.15) is 0 Å². The summed E-state index contributed by atoms with van der Waals surface area (Å²) in [4.78, 5) is 20.3. The molecule has 4 nitrogen and oxygen atoms in total. The van der Waals surface area contributed by atoms with Crippen LogP contribution in [0.1, 0.15) is 40.3 Å². The first-order valence-electron chi connectivity index (χ1n) is 14.7. The van der Waals surface area contributed by atoms with Crippen molar-refractivity contribution in [1.29, 1.82) is 0 Å². The molecule has 44 heavy (non-hydrogen) atoms. The molecule has 1 atom stereocenters. The monoisotopic (exact) mass is 654 g/mol. The van der Waals surface area contributed by atoms with Crippen molar-refractivity contribution in [1.82, 2.24) is 4.57 Å². The van der Waals surface area contributed by atoms with E-state index in [-0.39, 0.29) is 11.6 Å². The number of thiazole rings is 1. The van der Waals surface area contributed by atoms with Gasteiger partial charge in [-0.3, -0.25) is 9.36 Å². The van der Waals surface area contributed by atoms with Gasteiger partial charge in [-0.15, -0.1) is 0 Å². The van der Waals surface area contributed by atoms with Gasteiger partial charge in [0.05, 0.1) is 16.3 Å². The summed E-state index contributed by atoms with van der Waals surface area (Å²) >= 11 is 4.96. The first-order chi connectivity index (χ1) is 21.6. The Morgan fingerprint density at radius 3 is 2.50 bits per heavy atom. The van der Waals surface area contributed by atoms with Crippen LogP contribution in [0.4, 0.5) is 0 Å². The second-order valence-corrected chi connectivity index (χ2v) is 13.1. The molecule has 0 radical (unpaired) electrons. The Morgan fingerprint density at radius 2 is 1.64 bits per heavy atom. The number of aromatic nitrogens is 1. The van der Waals surface area contributed by atoms with E-state index in [2.05, 4.69) is 70.5 Å². The quantitative estimate of drug-likeness (QED) is 0.190. The molecule has 0 saturated carbocycles. The maximum Gasteiger partial charge on any atom is 0.271 e. The van der Waals surface area contributed by atoms with Crippen LogP contribution in [0.2, 0.25) is 0 Å². The van der Waals surface area contributed by atoms with Crippen LogP contribution in [0.5, 0.6) is 5.75 Å². The van der Waals surface area contributed by atoms with Gasteiger partial charge >= 0.3 is 0 Å². The molecular weight excluding hydrogens is 628 g/mol. The van der Waals surface area contributed by atoms with E-state index < -0.39 is 0 Å². The van der Waals surface area contributed by atoms with Crippen LogP contribution in [-0.4, -0.2) is 4.57 Å². The van der Waals surface area contributed by atoms with Crippen molar-refractivity contribution >= 4 is 49.8 Å². The van der Waals surface area contributed by atoms with Crippen molar-refractivity contribution in [2.75, 3.05) is 0 Å². The fourth-order valence-corrected chi connectivity index (χ4v) is 7.63. The van der Waals surface area contributed by atoms with Crippen LogP contribution >= 0.6 is 27.3 Å². The highest BCUT2D eigenvalue weighted by Gasteiger charge is 2.32. The zero-order valence-electron chi connectivity index (χ0n) is 23.7. The van der Waals surface area contributed by atoms with E-state index in [1.54, 1.807) is 0 Å². The van der Waals surface area contributed by atoms with E-state index in [1.807, 2.05) is 71.3 Å². The van der Waals surface area contributed by atoms with Gasteiger partial charge in [0.1, 0.15) is 12.4 Å². The number of hydrogen-bond acceptors (Lipinski definition) is 4. The fourth-order valence-electron chi connectivity index (χ4n) is 6.38. The number of nitrogens with zero attached hydrogens (tertiary/aromatic N) is 2. The highest BCUT2D eigenvalue weighted by Crippen LogP contribution is 2.41. The van der Waals surface area contributed by atoms with Crippen LogP contribution in [0.3, 0.4) is 0 Å². The highest BCUT2D eigenvalue weighted by molar-refractivity contribution is 9.10. The number of hydrogen-bond donors (Lipinski definition) is 0. The molecule has 6 heteroatoms. The molecule has 2 aliphatic rings. The molecule has 1 aromatic heterocycles. The predicted octanol–water partition coefficient (Wildman–Crippen LogP) is 7.81. The molecule has 2 heterocycles. The molecule has 8 rings (SSSR count). The molecule has 6 aromatic rings. The van der Waals surface area contributed by atoms with Crippen LogP contribution in [0.25, 0.3) is 22.5 Å². The minimum absolute atomic E-state index is 0.0280. The third kappa shape index (κ3) is 4.75. The molecule has 0 bridgehead atoms. The smallest absolute Gasteiger partial charge is 0.271 e. The standard InChI is InChI=1S/C38H27BrN2O2S/c39-28-18-14-24(15-19-28)23-43-33-21-17-25-8-4-6-12-29(25)32(33)22-34-37(42)41-36(27-10-2-1-3-11-27)31-20-16-26-9-5-7-13-30(26)35(31)40-38(41)44-34/h1-15,17-19,21-22,36H,16,20,23H2/b34-22+/t36-/m1/s1. The maximum atomic E-state index is 14.4. The number of aryl methyl sites for hydroxylation is 1. The molecule has 0 saturated heterocycles. The van der Waals surface area contributed by atoms with Crippen LogP contribution in [0.15, 0.2) is 135 Å². The van der Waals surface area contributed by atoms with Gasteiger partial charge in [-0.05, 0) is 70.2 Å². The third-order valence-electron chi connectivity index (χ3n) is 8.50. The van der Waals surface area contributed by atoms with E-state index in [4.69, 9.17) is 9.73 Å². The molecule has 0 amide bonds. The minimum Gasteiger partial charge on any atom is -0.488 e. The SMILES string of the molecule is O=c1/c(=C\c2c(OCc3ccc(Br)cc3)ccc3ccccc23)sc2n1[C@H](c1ccccc1)C1=C(N=2)c2ccccc2CC1. The summed E-state index contributed by atoms with van der Waals surface area (Å²) < 4.78 is 9.99. The number of ether oxygens (including phenoxy) is 1.